The van der Waals surface area contributed by atoms with Gasteiger partial charge >= 0.3 is 0 Å². The van der Waals surface area contributed by atoms with E-state index in [0.717, 1.165) is 19.4 Å². The average molecular weight is 256 g/mol. The second-order valence-electron chi connectivity index (χ2n) is 4.76. The predicted molar refractivity (Wildman–Crippen MR) is 68.9 cm³/mol. The van der Waals surface area contributed by atoms with Crippen molar-refractivity contribution in [3.63, 3.8) is 0 Å². The molecule has 0 aliphatic carbocycles. The van der Waals surface area contributed by atoms with Gasteiger partial charge in [-0.05, 0) is 25.0 Å². The Balaban J connectivity index is 1.94. The molecule has 0 radical (unpaired) electrons. The summed E-state index contributed by atoms with van der Waals surface area (Å²) in [6, 6.07) is -0.285. The highest BCUT2D eigenvalue weighted by Crippen LogP contribution is 2.27. The van der Waals surface area contributed by atoms with Crippen molar-refractivity contribution < 1.29 is 9.59 Å². The van der Waals surface area contributed by atoms with E-state index in [1.807, 2.05) is 18.7 Å². The van der Waals surface area contributed by atoms with Crippen molar-refractivity contribution in [3.8, 4) is 0 Å². The molecule has 1 N–H and O–H groups in total. The smallest absolute Gasteiger partial charge is 0.245 e. The van der Waals surface area contributed by atoms with Gasteiger partial charge in [-0.3, -0.25) is 9.59 Å². The Hall–Kier alpha value is -0.710. The molecule has 0 aromatic carbocycles. The lowest BCUT2D eigenvalue weighted by molar-refractivity contribution is -0.144. The summed E-state index contributed by atoms with van der Waals surface area (Å²) in [5.74, 6) is 1.29. The Kier molecular flexibility index (Phi) is 4.31. The second kappa shape index (κ2) is 5.76. The number of amides is 2. The molecule has 0 aromatic rings. The number of hydrogen-bond acceptors (Lipinski definition) is 3. The molecular formula is C12H20N2O2S. The van der Waals surface area contributed by atoms with Crippen molar-refractivity contribution in [1.29, 1.82) is 0 Å². The number of piperazine rings is 1. The van der Waals surface area contributed by atoms with Crippen LogP contribution in [0.25, 0.3) is 0 Å². The normalized spacial score (nSPS) is 29.6. The van der Waals surface area contributed by atoms with E-state index >= 15 is 0 Å². The van der Waals surface area contributed by atoms with Gasteiger partial charge in [-0.1, -0.05) is 13.3 Å². The van der Waals surface area contributed by atoms with E-state index < -0.39 is 0 Å². The zero-order valence-corrected chi connectivity index (χ0v) is 11.1. The van der Waals surface area contributed by atoms with Crippen molar-refractivity contribution >= 4 is 23.6 Å². The van der Waals surface area contributed by atoms with Gasteiger partial charge in [-0.15, -0.1) is 0 Å². The summed E-state index contributed by atoms with van der Waals surface area (Å²) in [6.45, 7) is 3.03. The van der Waals surface area contributed by atoms with E-state index in [0.29, 0.717) is 5.25 Å². The van der Waals surface area contributed by atoms with Gasteiger partial charge in [0.1, 0.15) is 6.04 Å². The molecule has 2 unspecified atom stereocenters. The molecule has 0 aromatic heterocycles. The summed E-state index contributed by atoms with van der Waals surface area (Å²) in [6.07, 6.45) is 4.08. The molecule has 2 aliphatic heterocycles. The van der Waals surface area contributed by atoms with Crippen LogP contribution < -0.4 is 5.32 Å². The summed E-state index contributed by atoms with van der Waals surface area (Å²) in [4.78, 5) is 25.5. The minimum absolute atomic E-state index is 0.00829. The van der Waals surface area contributed by atoms with Gasteiger partial charge < -0.3 is 10.2 Å². The molecular weight excluding hydrogens is 236 g/mol. The molecule has 2 amide bonds. The number of carbonyl (C=O) groups excluding carboxylic acids is 2. The molecule has 2 aliphatic rings. The van der Waals surface area contributed by atoms with Crippen molar-refractivity contribution in [2.24, 2.45) is 0 Å². The van der Waals surface area contributed by atoms with Crippen LogP contribution >= 0.6 is 11.8 Å². The van der Waals surface area contributed by atoms with E-state index in [1.54, 1.807) is 4.90 Å². The zero-order valence-electron chi connectivity index (χ0n) is 10.3. The van der Waals surface area contributed by atoms with E-state index in [-0.39, 0.29) is 24.4 Å². The lowest BCUT2D eigenvalue weighted by atomic mass is 10.1. The van der Waals surface area contributed by atoms with Crippen molar-refractivity contribution in [2.45, 2.75) is 43.9 Å². The number of nitrogens with one attached hydrogen (secondary N) is 1. The Labute approximate surface area is 106 Å². The standard InChI is InChI=1S/C12H20N2O2S/c1-2-4-10-12(16)14(8-11(15)13-10)7-9-5-3-6-17-9/h9-10H,2-8H2,1H3,(H,13,15). The second-order valence-corrected chi connectivity index (χ2v) is 6.17. The highest BCUT2D eigenvalue weighted by Gasteiger charge is 2.33. The summed E-state index contributed by atoms with van der Waals surface area (Å²) in [5.41, 5.74) is 0. The Morgan fingerprint density at radius 3 is 2.94 bits per heavy atom. The lowest BCUT2D eigenvalue weighted by Crippen LogP contribution is -2.58. The summed E-state index contributed by atoms with van der Waals surface area (Å²) < 4.78 is 0. The topological polar surface area (TPSA) is 49.4 Å². The van der Waals surface area contributed by atoms with E-state index in [4.69, 9.17) is 0 Å². The van der Waals surface area contributed by atoms with E-state index in [2.05, 4.69) is 5.32 Å². The van der Waals surface area contributed by atoms with Crippen molar-refractivity contribution in [3.05, 3.63) is 0 Å². The molecule has 96 valence electrons. The number of nitrogens with zero attached hydrogens (tertiary/aromatic N) is 1. The van der Waals surface area contributed by atoms with Gasteiger partial charge in [0.25, 0.3) is 0 Å². The van der Waals surface area contributed by atoms with Gasteiger partial charge in [0.15, 0.2) is 0 Å². The number of carbonyl (C=O) groups is 2. The molecule has 2 saturated heterocycles. The third-order valence-corrected chi connectivity index (χ3v) is 4.69. The predicted octanol–water partition coefficient (Wildman–Crippen LogP) is 1.01. The first-order valence-corrected chi connectivity index (χ1v) is 7.45. The third kappa shape index (κ3) is 3.15. The quantitative estimate of drug-likeness (QED) is 0.816. The van der Waals surface area contributed by atoms with Crippen LogP contribution in [0.4, 0.5) is 0 Å². The molecule has 2 fully saturated rings. The molecule has 4 nitrogen and oxygen atoms in total. The lowest BCUT2D eigenvalue weighted by Gasteiger charge is -2.33. The first kappa shape index (κ1) is 12.7. The molecule has 0 saturated carbocycles. The monoisotopic (exact) mass is 256 g/mol. The van der Waals surface area contributed by atoms with Gasteiger partial charge in [0.05, 0.1) is 6.54 Å². The Morgan fingerprint density at radius 1 is 1.47 bits per heavy atom. The molecule has 5 heteroatoms. The minimum atomic E-state index is -0.285. The van der Waals surface area contributed by atoms with Crippen molar-refractivity contribution in [1.82, 2.24) is 10.2 Å². The Morgan fingerprint density at radius 2 is 2.29 bits per heavy atom. The van der Waals surface area contributed by atoms with Crippen LogP contribution in [0.15, 0.2) is 0 Å². The van der Waals surface area contributed by atoms with Gasteiger partial charge in [0, 0.05) is 11.8 Å². The fraction of sp³-hybridized carbons (Fsp3) is 0.833. The van der Waals surface area contributed by atoms with Crippen LogP contribution in [-0.4, -0.2) is 46.8 Å². The highest BCUT2D eigenvalue weighted by molar-refractivity contribution is 8.00. The van der Waals surface area contributed by atoms with Gasteiger partial charge in [-0.25, -0.2) is 0 Å². The molecule has 2 heterocycles. The molecule has 2 atom stereocenters. The number of thioether (sulfide) groups is 1. The van der Waals surface area contributed by atoms with Crippen LogP contribution in [0.3, 0.4) is 0 Å². The highest BCUT2D eigenvalue weighted by atomic mass is 32.2. The molecule has 17 heavy (non-hydrogen) atoms. The summed E-state index contributed by atoms with van der Waals surface area (Å²) in [7, 11) is 0. The Bertz CT molecular complexity index is 303. The summed E-state index contributed by atoms with van der Waals surface area (Å²) >= 11 is 1.93. The van der Waals surface area contributed by atoms with Crippen LogP contribution in [0.1, 0.15) is 32.6 Å². The fourth-order valence-electron chi connectivity index (χ4n) is 2.45. The number of hydrogen-bond donors (Lipinski definition) is 1. The van der Waals surface area contributed by atoms with E-state index in [1.165, 1.54) is 18.6 Å². The van der Waals surface area contributed by atoms with Crippen LogP contribution in [0.2, 0.25) is 0 Å². The maximum Gasteiger partial charge on any atom is 0.245 e. The van der Waals surface area contributed by atoms with Crippen LogP contribution in [0, 0.1) is 0 Å². The SMILES string of the molecule is CCCC1NC(=O)CN(CC2CCCS2)C1=O. The van der Waals surface area contributed by atoms with Gasteiger partial charge in [-0.2, -0.15) is 11.8 Å². The average Bonchev–Trinajstić information content (AvgIpc) is 2.78. The molecule has 0 spiro atoms. The van der Waals surface area contributed by atoms with E-state index in [9.17, 15) is 9.59 Å². The fourth-order valence-corrected chi connectivity index (χ4v) is 3.73. The molecule has 2 rings (SSSR count). The summed E-state index contributed by atoms with van der Waals surface area (Å²) in [5, 5.41) is 3.32. The maximum absolute atomic E-state index is 12.2. The number of rotatable bonds is 4. The van der Waals surface area contributed by atoms with Crippen LogP contribution in [-0.2, 0) is 9.59 Å². The third-order valence-electron chi connectivity index (χ3n) is 3.30. The zero-order chi connectivity index (χ0) is 12.3. The van der Waals surface area contributed by atoms with Gasteiger partial charge in [0.2, 0.25) is 11.8 Å². The first-order chi connectivity index (χ1) is 8.20. The largest absolute Gasteiger partial charge is 0.343 e. The van der Waals surface area contributed by atoms with Crippen LogP contribution in [0.5, 0.6) is 0 Å². The minimum Gasteiger partial charge on any atom is -0.343 e. The first-order valence-electron chi connectivity index (χ1n) is 6.40. The van der Waals surface area contributed by atoms with Crippen molar-refractivity contribution in [2.75, 3.05) is 18.8 Å². The molecule has 0 bridgehead atoms. The maximum atomic E-state index is 12.2.